The molecule has 0 fully saturated rings. The summed E-state index contributed by atoms with van der Waals surface area (Å²) in [6, 6.07) is 8.92. The third-order valence-corrected chi connectivity index (χ3v) is 7.15. The molecule has 15 heteroatoms. The van der Waals surface area contributed by atoms with Gasteiger partial charge in [0.15, 0.2) is 0 Å². The lowest BCUT2D eigenvalue weighted by atomic mass is 9.78. The van der Waals surface area contributed by atoms with Crippen LogP contribution >= 0.6 is 0 Å². The van der Waals surface area contributed by atoms with Gasteiger partial charge in [-0.05, 0) is 65.4 Å². The maximum atomic E-state index is 13.6. The Balaban J connectivity index is 1.38. The molecule has 2 aliphatic heterocycles. The number of hydrogen-bond donors (Lipinski definition) is 6. The normalized spacial score (nSPS) is 15.8. The van der Waals surface area contributed by atoms with Gasteiger partial charge >= 0.3 is 20.2 Å². The lowest BCUT2D eigenvalue weighted by molar-refractivity contribution is -0.138. The van der Waals surface area contributed by atoms with Crippen molar-refractivity contribution in [3.05, 3.63) is 82.8 Å². The minimum Gasteiger partial charge on any atom is -0.481 e. The summed E-state index contributed by atoms with van der Waals surface area (Å²) in [7, 11) is -2.35. The lowest BCUT2D eigenvalue weighted by Gasteiger charge is -2.27. The molecule has 13 nitrogen and oxygen atoms in total. The molecule has 3 aromatic rings. The number of carboxylic acid groups (broad SMARTS) is 1. The zero-order valence-electron chi connectivity index (χ0n) is 22.4. The van der Waals surface area contributed by atoms with E-state index in [0.29, 0.717) is 16.5 Å². The monoisotopic (exact) mass is 575 g/mol. The fourth-order valence-corrected chi connectivity index (χ4v) is 4.88. The van der Waals surface area contributed by atoms with Gasteiger partial charge in [-0.3, -0.25) is 19.2 Å². The van der Waals surface area contributed by atoms with Crippen molar-refractivity contribution in [1.82, 2.24) is 16.0 Å². The summed E-state index contributed by atoms with van der Waals surface area (Å²) in [5.74, 6) is -3.04. The smallest absolute Gasteiger partial charge is 0.481 e. The van der Waals surface area contributed by atoms with Crippen molar-refractivity contribution >= 4 is 48.9 Å². The van der Waals surface area contributed by atoms with Crippen molar-refractivity contribution < 1.29 is 48.1 Å². The first-order valence-corrected chi connectivity index (χ1v) is 13.1. The van der Waals surface area contributed by atoms with Crippen molar-refractivity contribution in [3.8, 4) is 0 Å². The molecule has 2 aromatic carbocycles. The van der Waals surface area contributed by atoms with Crippen LogP contribution in [0.4, 0.5) is 0 Å². The quantitative estimate of drug-likeness (QED) is 0.163. The Morgan fingerprint density at radius 3 is 1.95 bits per heavy atom. The zero-order valence-corrected chi connectivity index (χ0v) is 22.4. The molecule has 3 heterocycles. The van der Waals surface area contributed by atoms with E-state index < -0.39 is 62.5 Å². The van der Waals surface area contributed by atoms with Gasteiger partial charge in [0, 0.05) is 11.1 Å². The largest absolute Gasteiger partial charge is 0.491 e. The summed E-state index contributed by atoms with van der Waals surface area (Å²) in [5.41, 5.74) is 2.67. The number of amides is 3. The van der Waals surface area contributed by atoms with Crippen molar-refractivity contribution in [2.75, 3.05) is 0 Å². The number of nitrogens with one attached hydrogen (secondary N) is 3. The first kappa shape index (κ1) is 29.1. The van der Waals surface area contributed by atoms with Crippen LogP contribution in [0.25, 0.3) is 0 Å². The second-order valence-corrected chi connectivity index (χ2v) is 10.0. The van der Waals surface area contributed by atoms with E-state index in [9.17, 15) is 34.3 Å². The average molecular weight is 575 g/mol. The number of rotatable bonds is 10. The zero-order chi connectivity index (χ0) is 30.0. The van der Waals surface area contributed by atoms with Gasteiger partial charge in [-0.15, -0.1) is 0 Å². The molecule has 1 aromatic heterocycles. The van der Waals surface area contributed by atoms with E-state index in [4.69, 9.17) is 13.7 Å². The first-order valence-electron chi connectivity index (χ1n) is 13.1. The Labute approximate surface area is 240 Å². The molecular weight excluding hydrogens is 548 g/mol. The third kappa shape index (κ3) is 6.23. The maximum Gasteiger partial charge on any atom is 0.491 e. The molecule has 0 spiro atoms. The van der Waals surface area contributed by atoms with Crippen molar-refractivity contribution in [3.63, 3.8) is 0 Å². The number of carboxylic acids is 1. The van der Waals surface area contributed by atoms with E-state index in [1.165, 1.54) is 37.5 Å². The van der Waals surface area contributed by atoms with Crippen molar-refractivity contribution in [1.29, 1.82) is 0 Å². The van der Waals surface area contributed by atoms with Crippen LogP contribution in [-0.4, -0.2) is 65.2 Å². The van der Waals surface area contributed by atoms with E-state index in [-0.39, 0.29) is 30.1 Å². The number of carbonyl (C=O) groups is 4. The molecule has 216 valence electrons. The summed E-state index contributed by atoms with van der Waals surface area (Å²) in [4.78, 5) is 51.5. The van der Waals surface area contributed by atoms with Crippen LogP contribution in [0.15, 0.2) is 59.2 Å². The minimum absolute atomic E-state index is 0.135. The summed E-state index contributed by atoms with van der Waals surface area (Å²) < 4.78 is 15.7. The predicted octanol–water partition coefficient (Wildman–Crippen LogP) is -1.04. The van der Waals surface area contributed by atoms with Crippen molar-refractivity contribution in [2.24, 2.45) is 0 Å². The van der Waals surface area contributed by atoms with Gasteiger partial charge < -0.3 is 44.8 Å². The van der Waals surface area contributed by atoms with E-state index in [0.717, 1.165) is 5.56 Å². The van der Waals surface area contributed by atoms with Gasteiger partial charge in [0.05, 0.1) is 38.0 Å². The summed E-state index contributed by atoms with van der Waals surface area (Å²) in [6.45, 7) is 1.91. The second kappa shape index (κ2) is 12.2. The molecule has 0 bridgehead atoms. The Hall–Kier alpha value is -4.43. The first-order chi connectivity index (χ1) is 20.1. The van der Waals surface area contributed by atoms with Crippen LogP contribution in [0, 0.1) is 0 Å². The van der Waals surface area contributed by atoms with Crippen LogP contribution in [0.3, 0.4) is 0 Å². The number of furan rings is 1. The van der Waals surface area contributed by atoms with Gasteiger partial charge in [0.1, 0.15) is 11.8 Å². The van der Waals surface area contributed by atoms with Crippen LogP contribution in [0.1, 0.15) is 57.0 Å². The van der Waals surface area contributed by atoms with Gasteiger partial charge in [0.2, 0.25) is 5.91 Å². The molecule has 6 N–H and O–H groups in total. The Morgan fingerprint density at radius 2 is 1.43 bits per heavy atom. The van der Waals surface area contributed by atoms with Gasteiger partial charge in [0.25, 0.3) is 11.8 Å². The molecule has 0 radical (unpaired) electrons. The van der Waals surface area contributed by atoms with Gasteiger partial charge in [-0.25, -0.2) is 0 Å². The minimum atomic E-state index is -1.37. The third-order valence-electron chi connectivity index (χ3n) is 7.15. The Kier molecular flexibility index (Phi) is 8.45. The van der Waals surface area contributed by atoms with E-state index >= 15 is 0 Å². The van der Waals surface area contributed by atoms with E-state index in [1.54, 1.807) is 24.3 Å². The molecule has 0 aliphatic carbocycles. The molecule has 0 unspecified atom stereocenters. The highest BCUT2D eigenvalue weighted by atomic mass is 16.5. The molecule has 0 saturated carbocycles. The maximum absolute atomic E-state index is 13.6. The van der Waals surface area contributed by atoms with Crippen LogP contribution < -0.4 is 26.9 Å². The second-order valence-electron chi connectivity index (χ2n) is 10.0. The van der Waals surface area contributed by atoms with Crippen LogP contribution in [0.5, 0.6) is 0 Å². The number of carbonyl (C=O) groups excluding carboxylic acids is 3. The summed E-state index contributed by atoms with van der Waals surface area (Å²) in [6.07, 6.45) is 0.839. The molecule has 42 heavy (non-hydrogen) atoms. The molecule has 3 amide bonds. The molecule has 2 aliphatic rings. The van der Waals surface area contributed by atoms with Crippen molar-refractivity contribution in [2.45, 2.75) is 44.7 Å². The Bertz CT molecular complexity index is 1520. The fraction of sp³-hybridized carbons (Fsp3) is 0.259. The molecule has 5 rings (SSSR count). The highest BCUT2D eigenvalue weighted by molar-refractivity contribution is 6.62. The molecular formula is C27H27B2N3O10. The lowest BCUT2D eigenvalue weighted by Crippen LogP contribution is -2.58. The van der Waals surface area contributed by atoms with E-state index in [1.807, 2.05) is 0 Å². The highest BCUT2D eigenvalue weighted by Crippen LogP contribution is 2.19. The number of benzene rings is 2. The average Bonchev–Trinajstić information content (AvgIpc) is 3.71. The standard InChI is InChI=1S/C27H27B2N3O10/c1-14(30-25(35)15-4-6-17-12-41-28(38)19(17)9-15)24(27(37)31-21(11-23(33)34)22-3-2-8-40-22)32-26(36)16-5-7-18-13-42-29(39)20(18)10-16/h2-10,14,21,24,38-39H,11-13H2,1H3,(H,30,35)(H,31,37)(H,32,36)(H,33,34)/t14-,21-,24-/m0/s1. The van der Waals surface area contributed by atoms with Crippen LogP contribution in [0.2, 0.25) is 0 Å². The SMILES string of the molecule is C[C@H](NC(=O)c1ccc2c(c1)B(O)OC2)[C@H](NC(=O)c1ccc2c(c1)B(O)OC2)C(=O)N[C@@H](CC(=O)O)c1ccco1. The van der Waals surface area contributed by atoms with Crippen LogP contribution in [-0.2, 0) is 32.1 Å². The predicted molar refractivity (Wildman–Crippen MR) is 148 cm³/mol. The molecule has 0 saturated heterocycles. The van der Waals surface area contributed by atoms with Gasteiger partial charge in [-0.2, -0.15) is 0 Å². The number of aliphatic carboxylic acids is 1. The van der Waals surface area contributed by atoms with Gasteiger partial charge in [-0.1, -0.05) is 12.1 Å². The summed E-state index contributed by atoms with van der Waals surface area (Å²) >= 11 is 0. The summed E-state index contributed by atoms with van der Waals surface area (Å²) in [5, 5.41) is 37.4. The number of fused-ring (bicyclic) bond motifs is 2. The van der Waals surface area contributed by atoms with E-state index in [2.05, 4.69) is 16.0 Å². The topological polar surface area (TPSA) is 197 Å². The molecule has 3 atom stereocenters. The number of hydrogen-bond acceptors (Lipinski definition) is 9. The fourth-order valence-electron chi connectivity index (χ4n) is 4.88. The highest BCUT2D eigenvalue weighted by Gasteiger charge is 2.34. The Morgan fingerprint density at radius 1 is 0.857 bits per heavy atom.